The van der Waals surface area contributed by atoms with E-state index < -0.39 is 5.97 Å². The third kappa shape index (κ3) is 2.83. The molecule has 1 fully saturated rings. The summed E-state index contributed by atoms with van der Waals surface area (Å²) in [5.41, 5.74) is 2.23. The normalized spacial score (nSPS) is 22.5. The second-order valence-electron chi connectivity index (χ2n) is 5.56. The number of carboxylic acid groups (broad SMARTS) is 1. The maximum atomic E-state index is 11.1. The van der Waals surface area contributed by atoms with Crippen molar-refractivity contribution >= 4 is 5.97 Å². The number of carboxylic acids is 1. The fourth-order valence-electron chi connectivity index (χ4n) is 2.97. The third-order valence-electron chi connectivity index (χ3n) is 4.29. The van der Waals surface area contributed by atoms with E-state index in [0.717, 1.165) is 25.2 Å². The predicted octanol–water partition coefficient (Wildman–Crippen LogP) is 2.17. The van der Waals surface area contributed by atoms with Gasteiger partial charge in [-0.15, -0.1) is 0 Å². The first kappa shape index (κ1) is 13.8. The minimum absolute atomic E-state index is 0.0910. The van der Waals surface area contributed by atoms with Gasteiger partial charge in [-0.3, -0.25) is 9.69 Å². The molecular formula is C16H19N3O2. The molecule has 2 unspecified atom stereocenters. The number of benzene rings is 1. The molecule has 0 radical (unpaired) electrons. The maximum Gasteiger partial charge on any atom is 0.308 e. The van der Waals surface area contributed by atoms with Crippen LogP contribution in [0, 0.1) is 5.92 Å². The molecule has 0 saturated carbocycles. The van der Waals surface area contributed by atoms with Crippen LogP contribution in [0.2, 0.25) is 0 Å². The van der Waals surface area contributed by atoms with Crippen LogP contribution in [0.3, 0.4) is 0 Å². The van der Waals surface area contributed by atoms with Gasteiger partial charge in [-0.2, -0.15) is 5.10 Å². The molecule has 1 aromatic carbocycles. The predicted molar refractivity (Wildman–Crippen MR) is 79.2 cm³/mol. The Kier molecular flexibility index (Phi) is 3.75. The average molecular weight is 285 g/mol. The topological polar surface area (TPSA) is 58.4 Å². The Morgan fingerprint density at radius 2 is 2.14 bits per heavy atom. The summed E-state index contributed by atoms with van der Waals surface area (Å²) in [5.74, 6) is -0.924. The van der Waals surface area contributed by atoms with E-state index in [-0.39, 0.29) is 12.0 Å². The van der Waals surface area contributed by atoms with E-state index in [9.17, 15) is 9.90 Å². The van der Waals surface area contributed by atoms with Crippen LogP contribution in [0.5, 0.6) is 0 Å². The van der Waals surface area contributed by atoms with Gasteiger partial charge >= 0.3 is 5.97 Å². The molecule has 2 aromatic rings. The van der Waals surface area contributed by atoms with Crippen molar-refractivity contribution in [3.8, 4) is 5.69 Å². The van der Waals surface area contributed by atoms with E-state index in [0.29, 0.717) is 0 Å². The molecule has 110 valence electrons. The second kappa shape index (κ2) is 5.69. The number of aliphatic carboxylic acids is 1. The van der Waals surface area contributed by atoms with Crippen molar-refractivity contribution in [1.29, 1.82) is 0 Å². The summed E-state index contributed by atoms with van der Waals surface area (Å²) in [4.78, 5) is 13.4. The Bertz CT molecular complexity index is 607. The van der Waals surface area contributed by atoms with Gasteiger partial charge in [0.2, 0.25) is 0 Å². The number of aromatic nitrogens is 2. The van der Waals surface area contributed by atoms with Gasteiger partial charge in [-0.05, 0) is 43.7 Å². The van der Waals surface area contributed by atoms with Gasteiger partial charge in [0, 0.05) is 25.0 Å². The monoisotopic (exact) mass is 285 g/mol. The van der Waals surface area contributed by atoms with Crippen molar-refractivity contribution in [3.05, 3.63) is 48.3 Å². The van der Waals surface area contributed by atoms with Crippen molar-refractivity contribution < 1.29 is 9.90 Å². The van der Waals surface area contributed by atoms with Gasteiger partial charge in [0.25, 0.3) is 0 Å². The molecule has 21 heavy (non-hydrogen) atoms. The highest BCUT2D eigenvalue weighted by molar-refractivity contribution is 5.71. The third-order valence-corrected chi connectivity index (χ3v) is 4.29. The molecule has 1 saturated heterocycles. The van der Waals surface area contributed by atoms with Crippen LogP contribution in [0.4, 0.5) is 0 Å². The van der Waals surface area contributed by atoms with E-state index in [1.807, 2.05) is 36.0 Å². The number of hydrogen-bond acceptors (Lipinski definition) is 3. The average Bonchev–Trinajstić information content (AvgIpc) is 3.11. The molecule has 5 heteroatoms. The molecular weight excluding hydrogens is 266 g/mol. The lowest BCUT2D eigenvalue weighted by Crippen LogP contribution is -2.32. The first-order valence-corrected chi connectivity index (χ1v) is 7.21. The lowest BCUT2D eigenvalue weighted by molar-refractivity contribution is -0.142. The number of carbonyl (C=O) groups is 1. The number of hydrogen-bond donors (Lipinski definition) is 1. The van der Waals surface area contributed by atoms with Gasteiger partial charge in [0.05, 0.1) is 11.6 Å². The Hall–Kier alpha value is -2.14. The highest BCUT2D eigenvalue weighted by Crippen LogP contribution is 2.26. The molecule has 0 spiro atoms. The highest BCUT2D eigenvalue weighted by Gasteiger charge is 2.35. The minimum atomic E-state index is -0.681. The molecule has 0 aliphatic carbocycles. The number of rotatable bonds is 4. The first-order chi connectivity index (χ1) is 10.1. The van der Waals surface area contributed by atoms with Crippen LogP contribution in [0.15, 0.2) is 42.7 Å². The summed E-state index contributed by atoms with van der Waals surface area (Å²) in [5, 5.41) is 13.4. The zero-order chi connectivity index (χ0) is 14.8. The summed E-state index contributed by atoms with van der Waals surface area (Å²) in [6.07, 6.45) is 4.41. The van der Waals surface area contributed by atoms with Gasteiger partial charge < -0.3 is 5.11 Å². The fourth-order valence-corrected chi connectivity index (χ4v) is 2.97. The van der Waals surface area contributed by atoms with Crippen molar-refractivity contribution in [2.45, 2.75) is 25.9 Å². The lowest BCUT2D eigenvalue weighted by atomic mass is 10.0. The SMILES string of the molecule is CC1C(C(=O)O)CCN1Cc1ccc(-n2cccn2)cc1. The van der Waals surface area contributed by atoms with Crippen LogP contribution in [-0.4, -0.2) is 38.3 Å². The van der Waals surface area contributed by atoms with Crippen LogP contribution in [-0.2, 0) is 11.3 Å². The van der Waals surface area contributed by atoms with Crippen molar-refractivity contribution in [2.75, 3.05) is 6.54 Å². The molecule has 0 amide bonds. The van der Waals surface area contributed by atoms with Gasteiger partial charge in [0.15, 0.2) is 0 Å². The minimum Gasteiger partial charge on any atom is -0.481 e. The molecule has 2 atom stereocenters. The Labute approximate surface area is 123 Å². The summed E-state index contributed by atoms with van der Waals surface area (Å²) >= 11 is 0. The van der Waals surface area contributed by atoms with Crippen LogP contribution in [0.25, 0.3) is 5.69 Å². The van der Waals surface area contributed by atoms with Crippen LogP contribution >= 0.6 is 0 Å². The maximum absolute atomic E-state index is 11.1. The van der Waals surface area contributed by atoms with Gasteiger partial charge in [-0.1, -0.05) is 12.1 Å². The summed E-state index contributed by atoms with van der Waals surface area (Å²) in [7, 11) is 0. The molecule has 1 N–H and O–H groups in total. The van der Waals surface area contributed by atoms with Crippen molar-refractivity contribution in [2.24, 2.45) is 5.92 Å². The molecule has 2 heterocycles. The zero-order valence-electron chi connectivity index (χ0n) is 12.0. The second-order valence-corrected chi connectivity index (χ2v) is 5.56. The largest absolute Gasteiger partial charge is 0.481 e. The van der Waals surface area contributed by atoms with Gasteiger partial charge in [-0.25, -0.2) is 4.68 Å². The van der Waals surface area contributed by atoms with Crippen LogP contribution < -0.4 is 0 Å². The zero-order valence-corrected chi connectivity index (χ0v) is 12.0. The molecule has 1 aliphatic rings. The Balaban J connectivity index is 1.67. The molecule has 1 aromatic heterocycles. The Morgan fingerprint density at radius 1 is 1.38 bits per heavy atom. The quantitative estimate of drug-likeness (QED) is 0.935. The van der Waals surface area contributed by atoms with Crippen molar-refractivity contribution in [1.82, 2.24) is 14.7 Å². The van der Waals surface area contributed by atoms with Crippen molar-refractivity contribution in [3.63, 3.8) is 0 Å². The smallest absolute Gasteiger partial charge is 0.308 e. The molecule has 3 rings (SSSR count). The van der Waals surface area contributed by atoms with E-state index >= 15 is 0 Å². The highest BCUT2D eigenvalue weighted by atomic mass is 16.4. The van der Waals surface area contributed by atoms with Crippen LogP contribution in [0.1, 0.15) is 18.9 Å². The molecule has 5 nitrogen and oxygen atoms in total. The first-order valence-electron chi connectivity index (χ1n) is 7.21. The number of likely N-dealkylation sites (tertiary alicyclic amines) is 1. The van der Waals surface area contributed by atoms with E-state index in [2.05, 4.69) is 22.1 Å². The summed E-state index contributed by atoms with van der Waals surface area (Å²) in [6, 6.07) is 10.2. The summed E-state index contributed by atoms with van der Waals surface area (Å²) in [6.45, 7) is 3.65. The summed E-state index contributed by atoms with van der Waals surface area (Å²) < 4.78 is 1.82. The van der Waals surface area contributed by atoms with Gasteiger partial charge in [0.1, 0.15) is 0 Å². The standard InChI is InChI=1S/C16H19N3O2/c1-12-15(16(20)21)7-10-18(12)11-13-3-5-14(6-4-13)19-9-2-8-17-19/h2-6,8-9,12,15H,7,10-11H2,1H3,(H,20,21). The fraction of sp³-hybridized carbons (Fsp3) is 0.375. The van der Waals surface area contributed by atoms with E-state index in [1.165, 1.54) is 5.56 Å². The van der Waals surface area contributed by atoms with E-state index in [1.54, 1.807) is 6.20 Å². The Morgan fingerprint density at radius 3 is 2.71 bits per heavy atom. The lowest BCUT2D eigenvalue weighted by Gasteiger charge is -2.23. The van der Waals surface area contributed by atoms with E-state index in [4.69, 9.17) is 0 Å². The molecule has 1 aliphatic heterocycles. The molecule has 0 bridgehead atoms. The number of nitrogens with zero attached hydrogens (tertiary/aromatic N) is 3.